The first-order valence-electron chi connectivity index (χ1n) is 7.49. The minimum atomic E-state index is 0.881. The van der Waals surface area contributed by atoms with Crippen molar-refractivity contribution in [2.45, 2.75) is 66.7 Å². The highest BCUT2D eigenvalue weighted by Gasteiger charge is 2.69. The average molecular weight is 222 g/mol. The van der Waals surface area contributed by atoms with Crippen LogP contribution in [0.2, 0.25) is 0 Å². The van der Waals surface area contributed by atoms with E-state index in [9.17, 15) is 0 Å². The summed E-state index contributed by atoms with van der Waals surface area (Å²) in [7, 11) is 0. The van der Waals surface area contributed by atoms with Crippen LogP contribution >= 0.6 is 0 Å². The predicted molar refractivity (Wildman–Crippen MR) is 71.3 cm³/mol. The Kier molecular flexibility index (Phi) is 3.39. The largest absolute Gasteiger partial charge is 0.0651 e. The van der Waals surface area contributed by atoms with E-state index in [1.54, 1.807) is 12.8 Å². The van der Waals surface area contributed by atoms with Crippen molar-refractivity contribution < 1.29 is 0 Å². The molecule has 0 bridgehead atoms. The summed E-state index contributed by atoms with van der Waals surface area (Å²) in [5.41, 5.74) is 0.881. The molecule has 0 aromatic heterocycles. The van der Waals surface area contributed by atoms with Crippen LogP contribution in [-0.2, 0) is 0 Å². The van der Waals surface area contributed by atoms with Crippen molar-refractivity contribution in [3.05, 3.63) is 0 Å². The molecular weight excluding hydrogens is 192 g/mol. The van der Waals surface area contributed by atoms with Gasteiger partial charge in [0.05, 0.1) is 0 Å². The monoisotopic (exact) mass is 222 g/mol. The average Bonchev–Trinajstić information content (AvgIpc) is 3.06. The van der Waals surface area contributed by atoms with E-state index in [1.807, 2.05) is 0 Å². The Morgan fingerprint density at radius 2 is 1.50 bits per heavy atom. The van der Waals surface area contributed by atoms with Crippen LogP contribution in [0.5, 0.6) is 0 Å². The summed E-state index contributed by atoms with van der Waals surface area (Å²) in [6, 6.07) is 0. The topological polar surface area (TPSA) is 0 Å². The molecule has 0 aromatic carbocycles. The molecule has 0 aliphatic heterocycles. The van der Waals surface area contributed by atoms with Gasteiger partial charge in [-0.3, -0.25) is 0 Å². The maximum Gasteiger partial charge on any atom is -0.0235 e. The number of rotatable bonds is 6. The van der Waals surface area contributed by atoms with Gasteiger partial charge in [0.25, 0.3) is 0 Å². The summed E-state index contributed by atoms with van der Waals surface area (Å²) < 4.78 is 0. The summed E-state index contributed by atoms with van der Waals surface area (Å²) in [4.78, 5) is 0. The Labute approximate surface area is 102 Å². The van der Waals surface area contributed by atoms with Gasteiger partial charge < -0.3 is 0 Å². The van der Waals surface area contributed by atoms with Gasteiger partial charge in [-0.15, -0.1) is 0 Å². The van der Waals surface area contributed by atoms with E-state index in [4.69, 9.17) is 0 Å². The molecule has 0 N–H and O–H groups in total. The van der Waals surface area contributed by atoms with E-state index in [2.05, 4.69) is 34.6 Å². The lowest BCUT2D eigenvalue weighted by Gasteiger charge is -2.18. The van der Waals surface area contributed by atoms with E-state index >= 15 is 0 Å². The molecule has 94 valence electrons. The van der Waals surface area contributed by atoms with Crippen LogP contribution in [0.25, 0.3) is 0 Å². The normalized spacial score (nSPS) is 40.1. The Bertz CT molecular complexity index is 242. The van der Waals surface area contributed by atoms with Crippen LogP contribution < -0.4 is 0 Å². The van der Waals surface area contributed by atoms with Crippen molar-refractivity contribution >= 4 is 0 Å². The molecule has 0 heterocycles. The fraction of sp³-hybridized carbons (Fsp3) is 1.00. The van der Waals surface area contributed by atoms with E-state index in [0.717, 1.165) is 35.0 Å². The molecule has 0 aromatic rings. The van der Waals surface area contributed by atoms with E-state index in [-0.39, 0.29) is 0 Å². The van der Waals surface area contributed by atoms with Gasteiger partial charge in [-0.25, -0.2) is 0 Å². The highest BCUT2D eigenvalue weighted by Crippen LogP contribution is 2.77. The zero-order chi connectivity index (χ0) is 11.9. The van der Waals surface area contributed by atoms with Gasteiger partial charge in [-0.1, -0.05) is 41.0 Å². The molecule has 2 aliphatic carbocycles. The number of hydrogen-bond donors (Lipinski definition) is 0. The highest BCUT2D eigenvalue weighted by atomic mass is 14.7. The van der Waals surface area contributed by atoms with Gasteiger partial charge in [-0.2, -0.15) is 0 Å². The third-order valence-electron chi connectivity index (χ3n) is 5.59. The smallest absolute Gasteiger partial charge is 0.0235 e. The van der Waals surface area contributed by atoms with Crippen molar-refractivity contribution in [2.75, 3.05) is 0 Å². The van der Waals surface area contributed by atoms with Crippen LogP contribution in [-0.4, -0.2) is 0 Å². The second kappa shape index (κ2) is 4.35. The number of hydrogen-bond acceptors (Lipinski definition) is 0. The third kappa shape index (κ3) is 2.31. The van der Waals surface area contributed by atoms with Gasteiger partial charge in [0.1, 0.15) is 0 Å². The SMILES string of the molecule is CCC(C)C(C)CC1CC12CC2CC(C)C. The van der Waals surface area contributed by atoms with Crippen molar-refractivity contribution in [3.8, 4) is 0 Å². The van der Waals surface area contributed by atoms with E-state index in [0.29, 0.717) is 0 Å². The molecule has 5 atom stereocenters. The fourth-order valence-corrected chi connectivity index (χ4v) is 3.84. The standard InChI is InChI=1S/C16H30/c1-6-12(4)13(5)8-15-10-16(15)9-14(16)7-11(2)3/h11-15H,6-10H2,1-5H3. The quantitative estimate of drug-likeness (QED) is 0.584. The first kappa shape index (κ1) is 12.5. The molecule has 0 amide bonds. The van der Waals surface area contributed by atoms with Crippen LogP contribution in [0.1, 0.15) is 66.7 Å². The zero-order valence-electron chi connectivity index (χ0n) is 11.9. The summed E-state index contributed by atoms with van der Waals surface area (Å²) in [6.45, 7) is 12.0. The van der Waals surface area contributed by atoms with Gasteiger partial charge in [-0.05, 0) is 60.7 Å². The Morgan fingerprint density at radius 3 is 2.00 bits per heavy atom. The van der Waals surface area contributed by atoms with Gasteiger partial charge >= 0.3 is 0 Å². The van der Waals surface area contributed by atoms with Gasteiger partial charge in [0, 0.05) is 0 Å². The molecular formula is C16H30. The van der Waals surface area contributed by atoms with Gasteiger partial charge in [0.15, 0.2) is 0 Å². The highest BCUT2D eigenvalue weighted by molar-refractivity contribution is 5.18. The van der Waals surface area contributed by atoms with Crippen molar-refractivity contribution in [3.63, 3.8) is 0 Å². The lowest BCUT2D eigenvalue weighted by Crippen LogP contribution is -2.08. The third-order valence-corrected chi connectivity index (χ3v) is 5.59. The molecule has 2 rings (SSSR count). The first-order valence-corrected chi connectivity index (χ1v) is 7.49. The van der Waals surface area contributed by atoms with Crippen molar-refractivity contribution in [1.82, 2.24) is 0 Å². The Hall–Kier alpha value is 0. The minimum absolute atomic E-state index is 0.881. The Morgan fingerprint density at radius 1 is 0.938 bits per heavy atom. The molecule has 0 heteroatoms. The maximum absolute atomic E-state index is 2.47. The lowest BCUT2D eigenvalue weighted by atomic mass is 9.88. The van der Waals surface area contributed by atoms with Crippen LogP contribution in [0.3, 0.4) is 0 Å². The molecule has 16 heavy (non-hydrogen) atoms. The maximum atomic E-state index is 2.47. The molecule has 0 radical (unpaired) electrons. The molecule has 1 spiro atoms. The molecule has 0 saturated heterocycles. The molecule has 2 fully saturated rings. The van der Waals surface area contributed by atoms with Crippen molar-refractivity contribution in [2.24, 2.45) is 35.0 Å². The van der Waals surface area contributed by atoms with Crippen molar-refractivity contribution in [1.29, 1.82) is 0 Å². The first-order chi connectivity index (χ1) is 7.49. The van der Waals surface area contributed by atoms with Gasteiger partial charge in [0.2, 0.25) is 0 Å². The van der Waals surface area contributed by atoms with Crippen LogP contribution in [0.4, 0.5) is 0 Å². The molecule has 0 nitrogen and oxygen atoms in total. The summed E-state index contributed by atoms with van der Waals surface area (Å²) >= 11 is 0. The summed E-state index contributed by atoms with van der Waals surface area (Å²) in [6.07, 6.45) is 7.52. The summed E-state index contributed by atoms with van der Waals surface area (Å²) in [5.74, 6) is 5.02. The van der Waals surface area contributed by atoms with E-state index in [1.165, 1.54) is 19.3 Å². The minimum Gasteiger partial charge on any atom is -0.0651 e. The lowest BCUT2D eigenvalue weighted by molar-refractivity contribution is 0.328. The Balaban J connectivity index is 1.72. The zero-order valence-corrected chi connectivity index (χ0v) is 11.9. The predicted octanol–water partition coefficient (Wildman–Crippen LogP) is 5.13. The van der Waals surface area contributed by atoms with Crippen LogP contribution in [0.15, 0.2) is 0 Å². The second-order valence-corrected chi connectivity index (χ2v) is 7.26. The van der Waals surface area contributed by atoms with Crippen LogP contribution in [0, 0.1) is 35.0 Å². The summed E-state index contributed by atoms with van der Waals surface area (Å²) in [5, 5.41) is 0. The fourth-order valence-electron chi connectivity index (χ4n) is 3.84. The molecule has 2 saturated carbocycles. The second-order valence-electron chi connectivity index (χ2n) is 7.26. The van der Waals surface area contributed by atoms with E-state index < -0.39 is 0 Å². The molecule has 2 aliphatic rings. The molecule has 5 unspecified atom stereocenters.